The Morgan fingerprint density at radius 2 is 1.76 bits per heavy atom. The van der Waals surface area contributed by atoms with Gasteiger partial charge in [-0.05, 0) is 67.9 Å². The number of rotatable bonds is 8. The van der Waals surface area contributed by atoms with E-state index in [1.165, 1.54) is 14.2 Å². The number of piperidine rings is 1. The monoisotopic (exact) mass is 571 g/mol. The number of likely N-dealkylation sites (N-methyl/N-ethyl adjacent to an activating group) is 1. The van der Waals surface area contributed by atoms with Crippen LogP contribution in [0.15, 0.2) is 40.8 Å². The molecule has 41 heavy (non-hydrogen) atoms. The summed E-state index contributed by atoms with van der Waals surface area (Å²) in [6.45, 7) is 1.84. The zero-order valence-corrected chi connectivity index (χ0v) is 23.3. The Morgan fingerprint density at radius 3 is 2.41 bits per heavy atom. The third-order valence-electron chi connectivity index (χ3n) is 7.44. The van der Waals surface area contributed by atoms with Crippen LogP contribution in [0.4, 0.5) is 13.2 Å². The number of likely N-dealkylation sites (tertiary alicyclic amines) is 1. The molecule has 4 aromatic rings. The largest absolute Gasteiger partial charge is 0.493 e. The average molecular weight is 572 g/mol. The summed E-state index contributed by atoms with van der Waals surface area (Å²) < 4.78 is 57.9. The van der Waals surface area contributed by atoms with Crippen molar-refractivity contribution < 1.29 is 31.9 Å². The molecule has 3 heterocycles. The van der Waals surface area contributed by atoms with E-state index in [0.717, 1.165) is 25.9 Å². The van der Waals surface area contributed by atoms with Crippen molar-refractivity contribution in [1.82, 2.24) is 25.0 Å². The molecule has 0 unspecified atom stereocenters. The van der Waals surface area contributed by atoms with Crippen LogP contribution in [-0.2, 0) is 11.2 Å². The molecule has 1 N–H and O–H groups in total. The average Bonchev–Trinajstić information content (AvgIpc) is 3.57. The third-order valence-corrected chi connectivity index (χ3v) is 7.44. The van der Waals surface area contributed by atoms with Crippen LogP contribution in [0, 0.1) is 0 Å². The van der Waals surface area contributed by atoms with Crippen LogP contribution in [0.3, 0.4) is 0 Å². The second kappa shape index (κ2) is 11.4. The SMILES string of the molecule is COc1ccc(-c2[nH]c3ccc(-c4nnc(C5CCN(CC(=O)N(C)C)CC5)o4)cc3c2CC(F)(F)F)cc1OC. The molecule has 1 aliphatic heterocycles. The number of hydrogen-bond donors (Lipinski definition) is 1. The molecular weight excluding hydrogens is 539 g/mol. The minimum absolute atomic E-state index is 0.0513. The topological polar surface area (TPSA) is 96.7 Å². The normalized spacial score (nSPS) is 14.9. The summed E-state index contributed by atoms with van der Waals surface area (Å²) in [4.78, 5) is 18.9. The number of aromatic nitrogens is 3. The van der Waals surface area contributed by atoms with Crippen LogP contribution < -0.4 is 9.47 Å². The number of hydrogen-bond acceptors (Lipinski definition) is 7. The number of H-pyrrole nitrogens is 1. The summed E-state index contributed by atoms with van der Waals surface area (Å²) in [5, 5.41) is 8.89. The molecule has 1 amide bonds. The molecule has 9 nitrogen and oxygen atoms in total. The highest BCUT2D eigenvalue weighted by Crippen LogP contribution is 2.40. The lowest BCUT2D eigenvalue weighted by atomic mass is 9.97. The van der Waals surface area contributed by atoms with Gasteiger partial charge in [-0.25, -0.2) is 0 Å². The van der Waals surface area contributed by atoms with Crippen LogP contribution in [-0.4, -0.2) is 85.0 Å². The van der Waals surface area contributed by atoms with Gasteiger partial charge in [0.25, 0.3) is 0 Å². The molecule has 0 bridgehead atoms. The minimum atomic E-state index is -4.43. The van der Waals surface area contributed by atoms with Gasteiger partial charge in [0.2, 0.25) is 17.7 Å². The number of alkyl halides is 3. The van der Waals surface area contributed by atoms with Crippen molar-refractivity contribution in [3.05, 3.63) is 47.9 Å². The first-order valence-corrected chi connectivity index (χ1v) is 13.3. The van der Waals surface area contributed by atoms with Gasteiger partial charge in [-0.15, -0.1) is 10.2 Å². The van der Waals surface area contributed by atoms with E-state index in [-0.39, 0.29) is 23.3 Å². The van der Waals surface area contributed by atoms with E-state index in [9.17, 15) is 18.0 Å². The highest BCUT2D eigenvalue weighted by molar-refractivity contribution is 5.93. The lowest BCUT2D eigenvalue weighted by molar-refractivity contribution is -0.130. The maximum absolute atomic E-state index is 13.8. The molecular formula is C29H32F3N5O4. The smallest absolute Gasteiger partial charge is 0.393 e. The third kappa shape index (κ3) is 6.17. The molecule has 0 saturated carbocycles. The molecule has 2 aromatic heterocycles. The first-order valence-electron chi connectivity index (χ1n) is 13.3. The lowest BCUT2D eigenvalue weighted by Gasteiger charge is -2.30. The first-order chi connectivity index (χ1) is 19.6. The fraction of sp³-hybridized carbons (Fsp3) is 0.414. The Hall–Kier alpha value is -4.06. The summed E-state index contributed by atoms with van der Waals surface area (Å²) in [5.74, 6) is 1.74. The number of methoxy groups -OCH3 is 2. The summed E-state index contributed by atoms with van der Waals surface area (Å²) in [5.41, 5.74) is 2.09. The first kappa shape index (κ1) is 28.5. The predicted molar refractivity (Wildman–Crippen MR) is 147 cm³/mol. The number of nitrogens with zero attached hydrogens (tertiary/aromatic N) is 4. The molecule has 5 rings (SSSR count). The Bertz CT molecular complexity index is 1540. The van der Waals surface area contributed by atoms with Gasteiger partial charge in [0.1, 0.15) is 0 Å². The van der Waals surface area contributed by atoms with E-state index >= 15 is 0 Å². The number of fused-ring (bicyclic) bond motifs is 1. The van der Waals surface area contributed by atoms with Crippen LogP contribution in [0.25, 0.3) is 33.6 Å². The van der Waals surface area contributed by atoms with Crippen LogP contribution in [0.5, 0.6) is 11.5 Å². The molecule has 2 aromatic carbocycles. The maximum atomic E-state index is 13.8. The van der Waals surface area contributed by atoms with Crippen LogP contribution in [0.2, 0.25) is 0 Å². The summed E-state index contributed by atoms with van der Waals surface area (Å²) in [6.07, 6.45) is -4.02. The number of carbonyl (C=O) groups excluding carboxylic acids is 1. The fourth-order valence-electron chi connectivity index (χ4n) is 5.19. The van der Waals surface area contributed by atoms with Gasteiger partial charge in [0, 0.05) is 42.0 Å². The second-order valence-corrected chi connectivity index (χ2v) is 10.4. The van der Waals surface area contributed by atoms with Crippen molar-refractivity contribution in [3.8, 4) is 34.2 Å². The van der Waals surface area contributed by atoms with Gasteiger partial charge >= 0.3 is 6.18 Å². The van der Waals surface area contributed by atoms with E-state index in [4.69, 9.17) is 13.9 Å². The molecule has 0 aliphatic carbocycles. The van der Waals surface area contributed by atoms with Gasteiger partial charge in [0.15, 0.2) is 11.5 Å². The Balaban J connectivity index is 1.43. The van der Waals surface area contributed by atoms with Crippen molar-refractivity contribution in [1.29, 1.82) is 0 Å². The minimum Gasteiger partial charge on any atom is -0.493 e. The number of nitrogens with one attached hydrogen (secondary N) is 1. The van der Waals surface area contributed by atoms with Gasteiger partial charge in [-0.1, -0.05) is 0 Å². The molecule has 0 spiro atoms. The van der Waals surface area contributed by atoms with Crippen molar-refractivity contribution in [3.63, 3.8) is 0 Å². The zero-order chi connectivity index (χ0) is 29.3. The van der Waals surface area contributed by atoms with Crippen LogP contribution in [0.1, 0.15) is 30.2 Å². The van der Waals surface area contributed by atoms with Gasteiger partial charge < -0.3 is 23.8 Å². The molecule has 1 fully saturated rings. The maximum Gasteiger partial charge on any atom is 0.393 e. The van der Waals surface area contributed by atoms with Crippen molar-refractivity contribution >= 4 is 16.8 Å². The second-order valence-electron chi connectivity index (χ2n) is 10.4. The van der Waals surface area contributed by atoms with Gasteiger partial charge in [0.05, 0.1) is 32.9 Å². The number of ether oxygens (including phenoxy) is 2. The summed E-state index contributed by atoms with van der Waals surface area (Å²) in [7, 11) is 6.45. The number of benzene rings is 2. The Morgan fingerprint density at radius 1 is 1.05 bits per heavy atom. The van der Waals surface area contributed by atoms with E-state index < -0.39 is 12.6 Å². The Labute approximate surface area is 235 Å². The van der Waals surface area contributed by atoms with Crippen molar-refractivity contribution in [2.75, 3.05) is 47.9 Å². The molecule has 0 atom stereocenters. The van der Waals surface area contributed by atoms with Crippen molar-refractivity contribution in [2.45, 2.75) is 31.4 Å². The number of carbonyl (C=O) groups is 1. The lowest BCUT2D eigenvalue weighted by Crippen LogP contribution is -2.40. The molecule has 1 saturated heterocycles. The van der Waals surface area contributed by atoms with E-state index in [1.54, 1.807) is 55.4 Å². The van der Waals surface area contributed by atoms with E-state index in [1.807, 2.05) is 0 Å². The highest BCUT2D eigenvalue weighted by atomic mass is 19.4. The summed E-state index contributed by atoms with van der Waals surface area (Å²) >= 11 is 0. The molecule has 218 valence electrons. The molecule has 0 radical (unpaired) electrons. The zero-order valence-electron chi connectivity index (χ0n) is 23.3. The summed E-state index contributed by atoms with van der Waals surface area (Å²) in [6, 6.07) is 10.1. The van der Waals surface area contributed by atoms with Crippen LogP contribution >= 0.6 is 0 Å². The van der Waals surface area contributed by atoms with E-state index in [0.29, 0.717) is 51.7 Å². The highest BCUT2D eigenvalue weighted by Gasteiger charge is 2.32. The van der Waals surface area contributed by atoms with Gasteiger partial charge in [-0.3, -0.25) is 9.69 Å². The quantitative estimate of drug-likeness (QED) is 0.308. The van der Waals surface area contributed by atoms with Gasteiger partial charge in [-0.2, -0.15) is 13.2 Å². The van der Waals surface area contributed by atoms with E-state index in [2.05, 4.69) is 20.1 Å². The molecule has 12 heteroatoms. The predicted octanol–water partition coefficient (Wildman–Crippen LogP) is 5.27. The standard InChI is InChI=1S/C29H32F3N5O4/c1-36(2)25(38)16-37-11-9-17(10-12-37)27-34-35-28(41-27)19-5-7-22-20(13-19)21(15-29(30,31)32)26(33-22)18-6-8-23(39-3)24(14-18)40-4/h5-8,13-14,17,33H,9-12,15-16H2,1-4H3. The van der Waals surface area contributed by atoms with Crippen molar-refractivity contribution in [2.24, 2.45) is 0 Å². The number of amides is 1. The number of aromatic amines is 1. The Kier molecular flexibility index (Phi) is 7.94. The molecule has 1 aliphatic rings. The number of halogens is 3. The fourth-order valence-corrected chi connectivity index (χ4v) is 5.19.